The molecule has 1 aliphatic rings. The molecule has 6 atom stereocenters. The van der Waals surface area contributed by atoms with Gasteiger partial charge in [-0.2, -0.15) is 0 Å². The number of likely N-dealkylation sites (tertiary alicyclic amines) is 1. The summed E-state index contributed by atoms with van der Waals surface area (Å²) in [6.45, 7) is 15.2. The number of aliphatic hydroxyl groups excluding tert-OH is 1. The van der Waals surface area contributed by atoms with Crippen LogP contribution in [-0.4, -0.2) is 111 Å². The number of carbonyl (C=O) groups is 4. The molecule has 5 amide bonds. The minimum absolute atomic E-state index is 0.00205. The Kier molecular flexibility index (Phi) is 25.2. The number of nitrogens with two attached hydrogens (primary N) is 1. The van der Waals surface area contributed by atoms with Gasteiger partial charge in [-0.05, 0) is 30.4 Å². The van der Waals surface area contributed by atoms with Crippen LogP contribution in [0, 0.1) is 11.8 Å². The lowest BCUT2D eigenvalue weighted by atomic mass is 9.83. The summed E-state index contributed by atoms with van der Waals surface area (Å²) in [5.41, 5.74) is 7.37. The number of urea groups is 1. The topological polar surface area (TPSA) is 191 Å². The Balaban J connectivity index is 0.00000352. The van der Waals surface area contributed by atoms with Crippen molar-refractivity contribution in [1.82, 2.24) is 20.9 Å². The lowest BCUT2D eigenvalue weighted by Crippen LogP contribution is -2.61. The van der Waals surface area contributed by atoms with E-state index in [1.807, 2.05) is 95.3 Å². The van der Waals surface area contributed by atoms with Crippen LogP contribution in [0.1, 0.15) is 66.0 Å². The van der Waals surface area contributed by atoms with Crippen LogP contribution in [0.4, 0.5) is 4.79 Å². The number of hydrogen-bond donors (Lipinski definition) is 5. The average molecular weight is 760 g/mol. The molecule has 3 rings (SSSR count). The molecule has 14 nitrogen and oxygen atoms in total. The Hall–Kier alpha value is -4.08. The molecule has 1 saturated heterocycles. The van der Waals surface area contributed by atoms with Crippen LogP contribution in [-0.2, 0) is 46.5 Å². The zero-order chi connectivity index (χ0) is 40.3. The van der Waals surface area contributed by atoms with Gasteiger partial charge in [0.15, 0.2) is 0 Å². The third-order valence-electron chi connectivity index (χ3n) is 8.27. The van der Waals surface area contributed by atoms with E-state index in [0.717, 1.165) is 11.1 Å². The summed E-state index contributed by atoms with van der Waals surface area (Å²) < 4.78 is 23.2. The Labute approximate surface area is 321 Å². The van der Waals surface area contributed by atoms with Crippen molar-refractivity contribution in [2.24, 2.45) is 17.6 Å². The summed E-state index contributed by atoms with van der Waals surface area (Å²) in [5.74, 6) is -1.60. The fourth-order valence-electron chi connectivity index (χ4n) is 5.98. The van der Waals surface area contributed by atoms with Crippen molar-refractivity contribution in [1.29, 1.82) is 0 Å². The predicted molar refractivity (Wildman–Crippen MR) is 208 cm³/mol. The molecule has 2 aromatic rings. The normalized spacial score (nSPS) is 17.2. The lowest BCUT2D eigenvalue weighted by molar-refractivity contribution is -0.146. The van der Waals surface area contributed by atoms with Gasteiger partial charge in [0.05, 0.1) is 58.5 Å². The second kappa shape index (κ2) is 28.4. The van der Waals surface area contributed by atoms with E-state index < -0.39 is 42.1 Å². The number of nitrogens with zero attached hydrogens (tertiary/aromatic N) is 1. The summed E-state index contributed by atoms with van der Waals surface area (Å²) in [7, 11) is 0. The number of rotatable bonds is 21. The summed E-state index contributed by atoms with van der Waals surface area (Å²) >= 11 is 0. The quantitative estimate of drug-likeness (QED) is 0.119. The van der Waals surface area contributed by atoms with Crippen molar-refractivity contribution in [2.45, 2.75) is 92.4 Å². The first-order valence-corrected chi connectivity index (χ1v) is 19.1. The van der Waals surface area contributed by atoms with Crippen molar-refractivity contribution in [2.75, 3.05) is 52.7 Å². The average Bonchev–Trinajstić information content (AvgIpc) is 3.18. The van der Waals surface area contributed by atoms with Gasteiger partial charge in [0.1, 0.15) is 12.1 Å². The number of aliphatic hydroxyl groups is 1. The summed E-state index contributed by atoms with van der Waals surface area (Å²) in [6, 6.07) is 15.9. The number of hydrogen-bond acceptors (Lipinski definition) is 9. The van der Waals surface area contributed by atoms with Gasteiger partial charge in [-0.15, -0.1) is 0 Å². The molecule has 1 aliphatic heterocycles. The summed E-state index contributed by atoms with van der Waals surface area (Å²) in [6.07, 6.45) is -0.930. The molecule has 304 valence electrons. The zero-order valence-electron chi connectivity index (χ0n) is 33.3. The first kappa shape index (κ1) is 47.9. The zero-order valence-corrected chi connectivity index (χ0v) is 33.3. The molecule has 2 aromatic carbocycles. The first-order chi connectivity index (χ1) is 26.1. The van der Waals surface area contributed by atoms with Crippen LogP contribution in [0.25, 0.3) is 0 Å². The van der Waals surface area contributed by atoms with Crippen LogP contribution in [0.3, 0.4) is 0 Å². The minimum Gasteiger partial charge on any atom is -0.394 e. The monoisotopic (exact) mass is 759 g/mol. The van der Waals surface area contributed by atoms with E-state index in [4.69, 9.17) is 29.8 Å². The van der Waals surface area contributed by atoms with Crippen molar-refractivity contribution in [3.05, 3.63) is 71.8 Å². The molecule has 0 bridgehead atoms. The molecule has 0 spiro atoms. The van der Waals surface area contributed by atoms with Crippen LogP contribution in [0.2, 0.25) is 0 Å². The molecule has 54 heavy (non-hydrogen) atoms. The van der Waals surface area contributed by atoms with E-state index in [1.54, 1.807) is 11.8 Å². The van der Waals surface area contributed by atoms with Crippen molar-refractivity contribution in [3.8, 4) is 0 Å². The molecule has 14 heteroatoms. The van der Waals surface area contributed by atoms with Gasteiger partial charge in [0, 0.05) is 32.5 Å². The molecule has 1 heterocycles. The highest BCUT2D eigenvalue weighted by atomic mass is 16.5. The van der Waals surface area contributed by atoms with Gasteiger partial charge < -0.3 is 50.6 Å². The Morgan fingerprint density at radius 2 is 1.37 bits per heavy atom. The van der Waals surface area contributed by atoms with Gasteiger partial charge >= 0.3 is 6.03 Å². The smallest absolute Gasteiger partial charge is 0.312 e. The summed E-state index contributed by atoms with van der Waals surface area (Å²) in [5, 5.41) is 17.0. The van der Waals surface area contributed by atoms with E-state index in [9.17, 15) is 19.2 Å². The van der Waals surface area contributed by atoms with E-state index in [-0.39, 0.29) is 70.5 Å². The van der Waals surface area contributed by atoms with Crippen molar-refractivity contribution in [3.63, 3.8) is 0 Å². The molecule has 0 aliphatic carbocycles. The lowest BCUT2D eigenvalue weighted by Gasteiger charge is -2.43. The number of primary amides is 1. The van der Waals surface area contributed by atoms with Gasteiger partial charge in [-0.3, -0.25) is 14.4 Å². The highest BCUT2D eigenvalue weighted by Crippen LogP contribution is 2.29. The highest BCUT2D eigenvalue weighted by molar-refractivity contribution is 5.88. The third-order valence-corrected chi connectivity index (χ3v) is 8.27. The molecule has 0 radical (unpaired) electrons. The number of ether oxygens (including phenoxy) is 4. The molecule has 0 aromatic heterocycles. The van der Waals surface area contributed by atoms with Crippen LogP contribution >= 0.6 is 0 Å². The number of amides is 5. The maximum Gasteiger partial charge on any atom is 0.312 e. The maximum atomic E-state index is 14.1. The van der Waals surface area contributed by atoms with Gasteiger partial charge in [-0.1, -0.05) is 95.3 Å². The van der Waals surface area contributed by atoms with Crippen molar-refractivity contribution < 1.29 is 43.2 Å². The number of nitrogens with one attached hydrogen (secondary N) is 3. The second-order valence-corrected chi connectivity index (χ2v) is 12.5. The Morgan fingerprint density at radius 3 is 1.91 bits per heavy atom. The maximum absolute atomic E-state index is 14.1. The van der Waals surface area contributed by atoms with E-state index in [2.05, 4.69) is 16.0 Å². The SMILES string of the molecule is CC.CC.CC(=O)NC(C(=O)N1CC(C)CC(C(OCc2ccccc2)C(NC(N)=O)C(=O)NCCOCCOCCO)C1)C(C)OCc1ccccc1. The van der Waals surface area contributed by atoms with Gasteiger partial charge in [-0.25, -0.2) is 4.79 Å². The second-order valence-electron chi connectivity index (χ2n) is 12.5. The first-order valence-electron chi connectivity index (χ1n) is 19.1. The third kappa shape index (κ3) is 18.3. The number of piperidine rings is 1. The highest BCUT2D eigenvalue weighted by Gasteiger charge is 2.42. The molecular formula is C40H65N5O9. The molecular weight excluding hydrogens is 694 g/mol. The molecule has 6 unspecified atom stereocenters. The molecule has 6 N–H and O–H groups in total. The van der Waals surface area contributed by atoms with Crippen LogP contribution in [0.5, 0.6) is 0 Å². The van der Waals surface area contributed by atoms with Gasteiger partial charge in [0.25, 0.3) is 0 Å². The fourth-order valence-corrected chi connectivity index (χ4v) is 5.98. The largest absolute Gasteiger partial charge is 0.394 e. The predicted octanol–water partition coefficient (Wildman–Crippen LogP) is 3.40. The molecule has 0 saturated carbocycles. The minimum atomic E-state index is -1.18. The van der Waals surface area contributed by atoms with E-state index in [1.165, 1.54) is 6.92 Å². The fraction of sp³-hybridized carbons (Fsp3) is 0.600. The standard InChI is InChI=1S/C36H53N5O9.2C2H6/c1-25-20-30(22-41(21-25)35(45)31(39-27(3)43)26(2)49-23-28-10-6-4-7-11-28)33(50-24-29-12-8-5-9-13-29)32(40-36(37)46)34(44)38-14-16-47-18-19-48-17-15-42;2*1-2/h4-13,25-26,30-33,42H,14-24H2,1-3H3,(H,38,44)(H,39,43)(H3,37,40,46);2*1-2H3. The van der Waals surface area contributed by atoms with E-state index in [0.29, 0.717) is 19.6 Å². The number of benzene rings is 2. The molecule has 1 fully saturated rings. The van der Waals surface area contributed by atoms with Gasteiger partial charge in [0.2, 0.25) is 17.7 Å². The Morgan fingerprint density at radius 1 is 0.815 bits per heavy atom. The van der Waals surface area contributed by atoms with Crippen molar-refractivity contribution >= 4 is 23.8 Å². The Bertz CT molecular complexity index is 1320. The van der Waals surface area contributed by atoms with E-state index >= 15 is 0 Å². The number of carbonyl (C=O) groups excluding carboxylic acids is 4. The summed E-state index contributed by atoms with van der Waals surface area (Å²) in [4.78, 5) is 53.9. The van der Waals surface area contributed by atoms with Crippen LogP contribution in [0.15, 0.2) is 60.7 Å². The van der Waals surface area contributed by atoms with Crippen LogP contribution < -0.4 is 21.7 Å².